The summed E-state index contributed by atoms with van der Waals surface area (Å²) in [5.41, 5.74) is 1.86. The molecular formula is C28H32F3N3O6. The standard InChI is InChI=1S/C28H32F3N3O6/c1-26(2,32)19-15-20(17-8-10-33-25(14-17)39-4)34-24(16-19)27(37,28(29,30)31)9-7-21(36)18-5-6-22(40-12-11-35)23(13-18)38-3/h5-6,8,10,13-16,35,37H,7,9,11-12,32H2,1-4H3. The third kappa shape index (κ3) is 6.87. The minimum Gasteiger partial charge on any atom is -0.493 e. The van der Waals surface area contributed by atoms with Crippen LogP contribution >= 0.6 is 0 Å². The maximum Gasteiger partial charge on any atom is 0.422 e. The van der Waals surface area contributed by atoms with Crippen molar-refractivity contribution < 1.29 is 42.4 Å². The summed E-state index contributed by atoms with van der Waals surface area (Å²) in [4.78, 5) is 21.1. The van der Waals surface area contributed by atoms with Gasteiger partial charge in [0.1, 0.15) is 6.61 Å². The molecule has 0 saturated carbocycles. The van der Waals surface area contributed by atoms with Crippen molar-refractivity contribution >= 4 is 5.78 Å². The Morgan fingerprint density at radius 1 is 1.02 bits per heavy atom. The highest BCUT2D eigenvalue weighted by atomic mass is 19.4. The van der Waals surface area contributed by atoms with Gasteiger partial charge >= 0.3 is 6.18 Å². The Morgan fingerprint density at radius 3 is 2.35 bits per heavy atom. The van der Waals surface area contributed by atoms with Crippen LogP contribution in [-0.4, -0.2) is 59.6 Å². The van der Waals surface area contributed by atoms with Gasteiger partial charge in [0.05, 0.1) is 32.2 Å². The summed E-state index contributed by atoms with van der Waals surface area (Å²) in [6.45, 7) is 2.97. The Bertz CT molecular complexity index is 1340. The lowest BCUT2D eigenvalue weighted by Gasteiger charge is -2.32. The molecule has 9 nitrogen and oxygen atoms in total. The topological polar surface area (TPSA) is 137 Å². The molecule has 40 heavy (non-hydrogen) atoms. The van der Waals surface area contributed by atoms with Crippen LogP contribution in [0.5, 0.6) is 17.4 Å². The number of Topliss-reactive ketones (excluding diaryl/α,β-unsaturated/α-hetero) is 1. The van der Waals surface area contributed by atoms with Crippen LogP contribution in [0.3, 0.4) is 0 Å². The number of hydrogen-bond donors (Lipinski definition) is 3. The zero-order valence-corrected chi connectivity index (χ0v) is 22.6. The molecule has 0 spiro atoms. The van der Waals surface area contributed by atoms with E-state index in [2.05, 4.69) is 9.97 Å². The fourth-order valence-corrected chi connectivity index (χ4v) is 3.91. The van der Waals surface area contributed by atoms with Crippen molar-refractivity contribution in [2.75, 3.05) is 27.4 Å². The number of ether oxygens (including phenoxy) is 3. The van der Waals surface area contributed by atoms with Crippen molar-refractivity contribution in [3.05, 3.63) is 65.5 Å². The average Bonchev–Trinajstić information content (AvgIpc) is 2.93. The number of nitrogens with two attached hydrogens (primary N) is 1. The molecule has 3 rings (SSSR count). The number of benzene rings is 1. The number of carbonyl (C=O) groups is 1. The first kappa shape index (κ1) is 30.8. The molecule has 3 aromatic rings. The van der Waals surface area contributed by atoms with Crippen LogP contribution < -0.4 is 19.9 Å². The van der Waals surface area contributed by atoms with Crippen LogP contribution in [0.15, 0.2) is 48.7 Å². The smallest absolute Gasteiger partial charge is 0.422 e. The predicted molar refractivity (Wildman–Crippen MR) is 140 cm³/mol. The molecule has 216 valence electrons. The van der Waals surface area contributed by atoms with E-state index in [0.717, 1.165) is 6.07 Å². The molecule has 0 aliphatic carbocycles. The quantitative estimate of drug-likeness (QED) is 0.278. The van der Waals surface area contributed by atoms with Crippen LogP contribution in [-0.2, 0) is 11.1 Å². The van der Waals surface area contributed by atoms with E-state index in [1.165, 1.54) is 50.7 Å². The molecule has 0 radical (unpaired) electrons. The van der Waals surface area contributed by atoms with Crippen LogP contribution in [0.4, 0.5) is 13.2 Å². The van der Waals surface area contributed by atoms with E-state index >= 15 is 0 Å². The molecule has 1 aromatic carbocycles. The monoisotopic (exact) mass is 563 g/mol. The van der Waals surface area contributed by atoms with E-state index in [1.54, 1.807) is 19.9 Å². The predicted octanol–water partition coefficient (Wildman–Crippen LogP) is 4.14. The van der Waals surface area contributed by atoms with Gasteiger partial charge in [-0.25, -0.2) is 9.97 Å². The number of aliphatic hydroxyl groups excluding tert-OH is 1. The van der Waals surface area contributed by atoms with Gasteiger partial charge in [0.25, 0.3) is 0 Å². The first-order valence-electron chi connectivity index (χ1n) is 12.3. The number of pyridine rings is 2. The lowest BCUT2D eigenvalue weighted by molar-refractivity contribution is -0.270. The van der Waals surface area contributed by atoms with E-state index in [0.29, 0.717) is 11.1 Å². The number of hydrogen-bond acceptors (Lipinski definition) is 9. The van der Waals surface area contributed by atoms with E-state index in [1.807, 2.05) is 0 Å². The third-order valence-electron chi connectivity index (χ3n) is 6.25. The molecule has 0 aliphatic rings. The molecule has 2 aromatic heterocycles. The van der Waals surface area contributed by atoms with Gasteiger partial charge in [0.2, 0.25) is 11.5 Å². The minimum atomic E-state index is -5.18. The van der Waals surface area contributed by atoms with Gasteiger partial charge in [0, 0.05) is 35.3 Å². The molecule has 1 atom stereocenters. The molecule has 0 bridgehead atoms. The molecule has 0 aliphatic heterocycles. The summed E-state index contributed by atoms with van der Waals surface area (Å²) >= 11 is 0. The van der Waals surface area contributed by atoms with Crippen molar-refractivity contribution in [2.45, 2.75) is 44.0 Å². The first-order valence-corrected chi connectivity index (χ1v) is 12.3. The number of nitrogens with zero attached hydrogens (tertiary/aromatic N) is 2. The number of carbonyl (C=O) groups excluding carboxylic acids is 1. The highest BCUT2D eigenvalue weighted by Crippen LogP contribution is 2.43. The van der Waals surface area contributed by atoms with Gasteiger partial charge in [-0.1, -0.05) is 0 Å². The third-order valence-corrected chi connectivity index (χ3v) is 6.25. The summed E-state index contributed by atoms with van der Waals surface area (Å²) in [5.74, 6) is -0.0184. The Labute approximate surface area is 229 Å². The second kappa shape index (κ2) is 12.2. The van der Waals surface area contributed by atoms with Crippen molar-refractivity contribution in [3.8, 4) is 28.6 Å². The van der Waals surface area contributed by atoms with Gasteiger partial charge in [-0.3, -0.25) is 4.79 Å². The lowest BCUT2D eigenvalue weighted by Crippen LogP contribution is -2.44. The first-order chi connectivity index (χ1) is 18.7. The Kier molecular flexibility index (Phi) is 9.39. The molecule has 1 unspecified atom stereocenters. The van der Waals surface area contributed by atoms with Crippen molar-refractivity contribution in [2.24, 2.45) is 5.73 Å². The molecule has 2 heterocycles. The van der Waals surface area contributed by atoms with Crippen molar-refractivity contribution in [1.82, 2.24) is 9.97 Å². The fourth-order valence-electron chi connectivity index (χ4n) is 3.91. The van der Waals surface area contributed by atoms with Gasteiger partial charge in [-0.15, -0.1) is 0 Å². The highest BCUT2D eigenvalue weighted by Gasteiger charge is 2.56. The summed E-state index contributed by atoms with van der Waals surface area (Å²) in [6, 6.07) is 9.79. The van der Waals surface area contributed by atoms with Gasteiger partial charge in [-0.05, 0) is 62.2 Å². The largest absolute Gasteiger partial charge is 0.493 e. The summed E-state index contributed by atoms with van der Waals surface area (Å²) in [5, 5.41) is 20.1. The van der Waals surface area contributed by atoms with E-state index in [9.17, 15) is 23.1 Å². The number of aromatic nitrogens is 2. The lowest BCUT2D eigenvalue weighted by atomic mass is 9.86. The Morgan fingerprint density at radius 2 is 1.75 bits per heavy atom. The number of halogens is 3. The molecular weight excluding hydrogens is 531 g/mol. The number of alkyl halides is 3. The van der Waals surface area contributed by atoms with Gasteiger partial charge < -0.3 is 30.2 Å². The average molecular weight is 564 g/mol. The maximum absolute atomic E-state index is 14.5. The maximum atomic E-state index is 14.5. The fraction of sp³-hybridized carbons (Fsp3) is 0.393. The number of methoxy groups -OCH3 is 2. The normalized spacial score (nSPS) is 13.4. The van der Waals surface area contributed by atoms with Crippen molar-refractivity contribution in [1.29, 1.82) is 0 Å². The Balaban J connectivity index is 2.02. The molecule has 0 amide bonds. The second-order valence-corrected chi connectivity index (χ2v) is 9.65. The zero-order chi connectivity index (χ0) is 29.7. The summed E-state index contributed by atoms with van der Waals surface area (Å²) in [6.07, 6.45) is -5.42. The number of aliphatic hydroxyl groups is 2. The second-order valence-electron chi connectivity index (χ2n) is 9.65. The summed E-state index contributed by atoms with van der Waals surface area (Å²) < 4.78 is 59.1. The Hall–Kier alpha value is -3.74. The molecule has 0 saturated heterocycles. The van der Waals surface area contributed by atoms with Gasteiger partial charge in [0.15, 0.2) is 17.3 Å². The van der Waals surface area contributed by atoms with E-state index < -0.39 is 41.6 Å². The van der Waals surface area contributed by atoms with Crippen LogP contribution in [0.2, 0.25) is 0 Å². The number of rotatable bonds is 12. The van der Waals surface area contributed by atoms with Crippen molar-refractivity contribution in [3.63, 3.8) is 0 Å². The van der Waals surface area contributed by atoms with Crippen LogP contribution in [0.25, 0.3) is 11.3 Å². The SMILES string of the molecule is COc1cc(-c2cc(C(C)(C)N)cc(C(O)(CCC(=O)c3ccc(OCCO)c(OC)c3)C(F)(F)F)n2)ccn1. The van der Waals surface area contributed by atoms with E-state index in [-0.39, 0.29) is 41.9 Å². The summed E-state index contributed by atoms with van der Waals surface area (Å²) in [7, 11) is 2.74. The highest BCUT2D eigenvalue weighted by molar-refractivity contribution is 5.96. The number of ketones is 1. The van der Waals surface area contributed by atoms with Crippen LogP contribution in [0, 0.1) is 0 Å². The molecule has 4 N–H and O–H groups in total. The van der Waals surface area contributed by atoms with Gasteiger partial charge in [-0.2, -0.15) is 13.2 Å². The van der Waals surface area contributed by atoms with E-state index in [4.69, 9.17) is 25.1 Å². The zero-order valence-electron chi connectivity index (χ0n) is 22.6. The molecule has 12 heteroatoms. The minimum absolute atomic E-state index is 0.0117. The molecule has 0 fully saturated rings. The van der Waals surface area contributed by atoms with Crippen LogP contribution in [0.1, 0.15) is 48.3 Å².